The Kier molecular flexibility index (Phi) is 3.58. The molecule has 1 heterocycles. The van der Waals surface area contributed by atoms with Crippen LogP contribution in [-0.4, -0.2) is 30.0 Å². The normalized spacial score (nSPS) is 22.0. The molecule has 108 valence electrons. The monoisotopic (exact) mass is 278 g/mol. The zero-order valence-electron chi connectivity index (χ0n) is 11.2. The lowest BCUT2D eigenvalue weighted by Gasteiger charge is -2.35. The summed E-state index contributed by atoms with van der Waals surface area (Å²) in [7, 11) is 0. The van der Waals surface area contributed by atoms with Gasteiger partial charge >= 0.3 is 0 Å². The van der Waals surface area contributed by atoms with E-state index in [0.29, 0.717) is 19.3 Å². The molecule has 1 saturated heterocycles. The summed E-state index contributed by atoms with van der Waals surface area (Å²) < 4.78 is 11.4. The van der Waals surface area contributed by atoms with Gasteiger partial charge in [0, 0.05) is 36.7 Å². The molecule has 1 N–H and O–H groups in total. The van der Waals surface area contributed by atoms with E-state index >= 15 is 0 Å². The van der Waals surface area contributed by atoms with Gasteiger partial charge in [0.05, 0.1) is 18.1 Å². The lowest BCUT2D eigenvalue weighted by Crippen LogP contribution is -2.39. The van der Waals surface area contributed by atoms with Gasteiger partial charge in [-0.05, 0) is 18.9 Å². The predicted molar refractivity (Wildman–Crippen MR) is 73.6 cm³/mol. The van der Waals surface area contributed by atoms with Crippen LogP contribution in [0, 0.1) is 10.1 Å². The Balaban J connectivity index is 1.59. The Morgan fingerprint density at radius 2 is 1.95 bits per heavy atom. The van der Waals surface area contributed by atoms with Crippen molar-refractivity contribution in [3.05, 3.63) is 34.4 Å². The van der Waals surface area contributed by atoms with Gasteiger partial charge in [-0.2, -0.15) is 0 Å². The van der Waals surface area contributed by atoms with Gasteiger partial charge in [-0.1, -0.05) is 6.07 Å². The minimum absolute atomic E-state index is 0.115. The fourth-order valence-corrected chi connectivity index (χ4v) is 2.93. The van der Waals surface area contributed by atoms with E-state index < -0.39 is 0 Å². The van der Waals surface area contributed by atoms with Crippen LogP contribution >= 0.6 is 0 Å². The minimum Gasteiger partial charge on any atom is -0.382 e. The van der Waals surface area contributed by atoms with Crippen molar-refractivity contribution in [2.24, 2.45) is 0 Å². The van der Waals surface area contributed by atoms with Crippen molar-refractivity contribution in [2.45, 2.75) is 37.5 Å². The molecule has 1 saturated carbocycles. The van der Waals surface area contributed by atoms with Crippen molar-refractivity contribution in [3.8, 4) is 0 Å². The third-order valence-corrected chi connectivity index (χ3v) is 3.99. The SMILES string of the molecule is O=[N+]([O-])c1cccc(NC2CCC3(CC2)OCCO3)c1. The Bertz CT molecular complexity index is 490. The first-order valence-corrected chi connectivity index (χ1v) is 6.96. The number of rotatable bonds is 3. The standard InChI is InChI=1S/C14H18N2O4/c17-16(18)13-3-1-2-12(10-13)15-11-4-6-14(7-5-11)19-8-9-20-14/h1-3,10-11,15H,4-9H2. The van der Waals surface area contributed by atoms with E-state index in [1.54, 1.807) is 12.1 Å². The molecular weight excluding hydrogens is 260 g/mol. The predicted octanol–water partition coefficient (Wildman–Crippen LogP) is 2.69. The molecule has 0 atom stereocenters. The van der Waals surface area contributed by atoms with E-state index in [4.69, 9.17) is 9.47 Å². The van der Waals surface area contributed by atoms with Gasteiger partial charge in [-0.15, -0.1) is 0 Å². The number of benzene rings is 1. The first-order chi connectivity index (χ1) is 9.67. The van der Waals surface area contributed by atoms with Gasteiger partial charge in [0.25, 0.3) is 5.69 Å². The van der Waals surface area contributed by atoms with Gasteiger partial charge in [0.15, 0.2) is 5.79 Å². The molecule has 6 nitrogen and oxygen atoms in total. The molecule has 0 aromatic heterocycles. The first-order valence-electron chi connectivity index (χ1n) is 6.96. The summed E-state index contributed by atoms with van der Waals surface area (Å²) in [6.45, 7) is 1.37. The second kappa shape index (κ2) is 5.38. The number of anilines is 1. The number of nitro groups is 1. The fourth-order valence-electron chi connectivity index (χ4n) is 2.93. The third-order valence-electron chi connectivity index (χ3n) is 3.99. The van der Waals surface area contributed by atoms with E-state index in [1.165, 1.54) is 6.07 Å². The molecule has 1 aliphatic heterocycles. The van der Waals surface area contributed by atoms with Crippen molar-refractivity contribution in [1.29, 1.82) is 0 Å². The van der Waals surface area contributed by atoms with E-state index in [-0.39, 0.29) is 16.4 Å². The smallest absolute Gasteiger partial charge is 0.271 e. The molecule has 1 aromatic carbocycles. The maximum Gasteiger partial charge on any atom is 0.271 e. The molecule has 1 spiro atoms. The number of nitrogens with one attached hydrogen (secondary N) is 1. The number of hydrogen-bond donors (Lipinski definition) is 1. The number of ether oxygens (including phenoxy) is 2. The fraction of sp³-hybridized carbons (Fsp3) is 0.571. The summed E-state index contributed by atoms with van der Waals surface area (Å²) in [5.41, 5.74) is 0.915. The highest BCUT2D eigenvalue weighted by atomic mass is 16.7. The highest BCUT2D eigenvalue weighted by molar-refractivity contribution is 5.51. The zero-order chi connectivity index (χ0) is 14.0. The molecule has 2 fully saturated rings. The number of nitrogens with zero attached hydrogens (tertiary/aromatic N) is 1. The summed E-state index contributed by atoms with van der Waals surface area (Å²) in [6.07, 6.45) is 3.64. The van der Waals surface area contributed by atoms with Gasteiger partial charge in [-0.25, -0.2) is 0 Å². The van der Waals surface area contributed by atoms with E-state index in [2.05, 4.69) is 5.32 Å². The Labute approximate surface area is 117 Å². The van der Waals surface area contributed by atoms with E-state index in [1.807, 2.05) is 6.07 Å². The van der Waals surface area contributed by atoms with Crippen LogP contribution in [0.25, 0.3) is 0 Å². The molecular formula is C14H18N2O4. The minimum atomic E-state index is -0.374. The van der Waals surface area contributed by atoms with Crippen molar-refractivity contribution < 1.29 is 14.4 Å². The molecule has 20 heavy (non-hydrogen) atoms. The van der Waals surface area contributed by atoms with Gasteiger partial charge < -0.3 is 14.8 Å². The maximum absolute atomic E-state index is 10.8. The molecule has 0 amide bonds. The first kappa shape index (κ1) is 13.3. The highest BCUT2D eigenvalue weighted by Crippen LogP contribution is 2.36. The molecule has 0 unspecified atom stereocenters. The second-order valence-electron chi connectivity index (χ2n) is 5.33. The Morgan fingerprint density at radius 3 is 2.60 bits per heavy atom. The number of hydrogen-bond acceptors (Lipinski definition) is 5. The maximum atomic E-state index is 10.8. The number of nitro benzene ring substituents is 1. The Hall–Kier alpha value is -1.66. The largest absolute Gasteiger partial charge is 0.382 e. The summed E-state index contributed by atoms with van der Waals surface area (Å²) in [5, 5.41) is 14.1. The summed E-state index contributed by atoms with van der Waals surface area (Å²) in [4.78, 5) is 10.4. The van der Waals surface area contributed by atoms with Crippen LogP contribution in [0.2, 0.25) is 0 Å². The summed E-state index contributed by atoms with van der Waals surface area (Å²) in [6, 6.07) is 6.96. The van der Waals surface area contributed by atoms with E-state index in [0.717, 1.165) is 31.4 Å². The van der Waals surface area contributed by atoms with Gasteiger partial charge in [0.2, 0.25) is 0 Å². The van der Waals surface area contributed by atoms with Gasteiger partial charge in [0.1, 0.15) is 0 Å². The topological polar surface area (TPSA) is 73.6 Å². The average molecular weight is 278 g/mol. The van der Waals surface area contributed by atoms with Crippen molar-refractivity contribution in [3.63, 3.8) is 0 Å². The lowest BCUT2D eigenvalue weighted by atomic mass is 9.90. The van der Waals surface area contributed by atoms with E-state index in [9.17, 15) is 10.1 Å². The quantitative estimate of drug-likeness (QED) is 0.679. The zero-order valence-corrected chi connectivity index (χ0v) is 11.2. The van der Waals surface area contributed by atoms with Crippen LogP contribution in [0.1, 0.15) is 25.7 Å². The average Bonchev–Trinajstić information content (AvgIpc) is 2.90. The van der Waals surface area contributed by atoms with Crippen LogP contribution in [0.4, 0.5) is 11.4 Å². The molecule has 1 aliphatic carbocycles. The summed E-state index contributed by atoms with van der Waals surface area (Å²) in [5.74, 6) is -0.360. The van der Waals surface area contributed by atoms with Crippen LogP contribution in [0.15, 0.2) is 24.3 Å². The second-order valence-corrected chi connectivity index (χ2v) is 5.33. The van der Waals surface area contributed by atoms with Crippen LogP contribution in [0.5, 0.6) is 0 Å². The molecule has 1 aromatic rings. The van der Waals surface area contributed by atoms with Crippen LogP contribution in [0.3, 0.4) is 0 Å². The molecule has 3 rings (SSSR count). The van der Waals surface area contributed by atoms with Gasteiger partial charge in [-0.3, -0.25) is 10.1 Å². The lowest BCUT2D eigenvalue weighted by molar-refractivity contribution is -0.384. The molecule has 0 radical (unpaired) electrons. The molecule has 6 heteroatoms. The molecule has 0 bridgehead atoms. The molecule has 2 aliphatic rings. The van der Waals surface area contributed by atoms with Crippen molar-refractivity contribution in [2.75, 3.05) is 18.5 Å². The Morgan fingerprint density at radius 1 is 1.25 bits per heavy atom. The van der Waals surface area contributed by atoms with Crippen molar-refractivity contribution in [1.82, 2.24) is 0 Å². The van der Waals surface area contributed by atoms with Crippen molar-refractivity contribution >= 4 is 11.4 Å². The highest BCUT2D eigenvalue weighted by Gasteiger charge is 2.40. The van der Waals surface area contributed by atoms with Crippen LogP contribution < -0.4 is 5.32 Å². The van der Waals surface area contributed by atoms with Crippen LogP contribution in [-0.2, 0) is 9.47 Å². The summed E-state index contributed by atoms with van der Waals surface area (Å²) >= 11 is 0. The third kappa shape index (κ3) is 2.76. The number of non-ortho nitro benzene ring substituents is 1.